The fourth-order valence-corrected chi connectivity index (χ4v) is 1.83. The van der Waals surface area contributed by atoms with Crippen LogP contribution in [0.1, 0.15) is 5.56 Å². The second-order valence-electron chi connectivity index (χ2n) is 4.25. The number of carboxylic acid groups (broad SMARTS) is 1. The minimum atomic E-state index is -0.935. The van der Waals surface area contributed by atoms with E-state index in [2.05, 4.69) is 5.32 Å². The summed E-state index contributed by atoms with van der Waals surface area (Å²) in [6.07, 6.45) is 1.66. The maximum Gasteiger partial charge on any atom is 0.333 e. The highest BCUT2D eigenvalue weighted by Crippen LogP contribution is 2.14. The first-order valence-electron chi connectivity index (χ1n) is 6.13. The molecule has 0 amide bonds. The molecular formula is C16H14ClNO2. The van der Waals surface area contributed by atoms with E-state index in [4.69, 9.17) is 11.6 Å². The number of halogens is 1. The lowest BCUT2D eigenvalue weighted by Crippen LogP contribution is -2.12. The highest BCUT2D eigenvalue weighted by molar-refractivity contribution is 6.30. The van der Waals surface area contributed by atoms with E-state index in [1.54, 1.807) is 18.2 Å². The predicted molar refractivity (Wildman–Crippen MR) is 82.0 cm³/mol. The first-order valence-corrected chi connectivity index (χ1v) is 6.51. The van der Waals surface area contributed by atoms with Crippen molar-refractivity contribution in [2.75, 3.05) is 11.9 Å². The Morgan fingerprint density at radius 1 is 1.10 bits per heavy atom. The van der Waals surface area contributed by atoms with Crippen molar-refractivity contribution >= 4 is 29.3 Å². The summed E-state index contributed by atoms with van der Waals surface area (Å²) >= 11 is 5.80. The van der Waals surface area contributed by atoms with Crippen molar-refractivity contribution in [2.45, 2.75) is 0 Å². The molecule has 0 unspecified atom stereocenters. The minimum absolute atomic E-state index is 0.242. The minimum Gasteiger partial charge on any atom is -0.478 e. The molecule has 0 heterocycles. The molecule has 2 N–H and O–H groups in total. The molecule has 2 aromatic carbocycles. The van der Waals surface area contributed by atoms with Crippen molar-refractivity contribution < 1.29 is 9.90 Å². The standard InChI is InChI=1S/C16H14ClNO2/c17-14-6-8-15(9-7-14)18-11-13(16(19)20)10-12-4-2-1-3-5-12/h1-10,18H,11H2,(H,19,20)/b13-10+. The molecule has 0 aliphatic carbocycles. The van der Waals surface area contributed by atoms with Crippen molar-refractivity contribution in [1.29, 1.82) is 0 Å². The summed E-state index contributed by atoms with van der Waals surface area (Å²) in [6.45, 7) is 0.242. The summed E-state index contributed by atoms with van der Waals surface area (Å²) in [5.74, 6) is -0.935. The van der Waals surface area contributed by atoms with Crippen LogP contribution >= 0.6 is 11.6 Å². The van der Waals surface area contributed by atoms with Crippen molar-refractivity contribution in [3.8, 4) is 0 Å². The van der Waals surface area contributed by atoms with Gasteiger partial charge in [0, 0.05) is 17.3 Å². The van der Waals surface area contributed by atoms with Gasteiger partial charge in [-0.05, 0) is 35.9 Å². The molecule has 3 nitrogen and oxygen atoms in total. The van der Waals surface area contributed by atoms with Gasteiger partial charge >= 0.3 is 5.97 Å². The molecule has 0 radical (unpaired) electrons. The van der Waals surface area contributed by atoms with E-state index in [1.165, 1.54) is 0 Å². The Bertz CT molecular complexity index is 606. The van der Waals surface area contributed by atoms with Gasteiger partial charge in [-0.1, -0.05) is 41.9 Å². The van der Waals surface area contributed by atoms with Gasteiger partial charge in [0.05, 0.1) is 5.57 Å². The Morgan fingerprint density at radius 3 is 2.35 bits per heavy atom. The second kappa shape index (κ2) is 6.78. The lowest BCUT2D eigenvalue weighted by Gasteiger charge is -2.07. The van der Waals surface area contributed by atoms with Gasteiger partial charge in [-0.25, -0.2) is 4.79 Å². The lowest BCUT2D eigenvalue weighted by molar-refractivity contribution is -0.132. The molecule has 4 heteroatoms. The van der Waals surface area contributed by atoms with Crippen LogP contribution in [-0.2, 0) is 4.79 Å². The Morgan fingerprint density at radius 2 is 1.75 bits per heavy atom. The summed E-state index contributed by atoms with van der Waals surface area (Å²) in [5, 5.41) is 12.9. The summed E-state index contributed by atoms with van der Waals surface area (Å²) in [6, 6.07) is 16.5. The molecule has 0 aliphatic rings. The largest absolute Gasteiger partial charge is 0.478 e. The van der Waals surface area contributed by atoms with Gasteiger partial charge in [0.1, 0.15) is 0 Å². The smallest absolute Gasteiger partial charge is 0.333 e. The molecule has 0 fully saturated rings. The van der Waals surface area contributed by atoms with E-state index in [9.17, 15) is 9.90 Å². The van der Waals surface area contributed by atoms with Gasteiger partial charge in [-0.15, -0.1) is 0 Å². The van der Waals surface area contributed by atoms with Crippen LogP contribution in [0.3, 0.4) is 0 Å². The van der Waals surface area contributed by atoms with Crippen LogP contribution in [0.15, 0.2) is 60.2 Å². The number of carbonyl (C=O) groups is 1. The molecular weight excluding hydrogens is 274 g/mol. The zero-order valence-corrected chi connectivity index (χ0v) is 11.5. The molecule has 102 valence electrons. The molecule has 2 rings (SSSR count). The van der Waals surface area contributed by atoms with Crippen LogP contribution in [0.4, 0.5) is 5.69 Å². The number of hydrogen-bond donors (Lipinski definition) is 2. The molecule has 0 aliphatic heterocycles. The Labute approximate surface area is 122 Å². The predicted octanol–water partition coefficient (Wildman–Crippen LogP) is 3.92. The number of hydrogen-bond acceptors (Lipinski definition) is 2. The van der Waals surface area contributed by atoms with E-state index in [0.717, 1.165) is 11.3 Å². The van der Waals surface area contributed by atoms with Gasteiger partial charge in [0.15, 0.2) is 0 Å². The number of anilines is 1. The van der Waals surface area contributed by atoms with Crippen LogP contribution in [0.5, 0.6) is 0 Å². The Balaban J connectivity index is 2.09. The third kappa shape index (κ3) is 4.14. The van der Waals surface area contributed by atoms with Crippen LogP contribution < -0.4 is 5.32 Å². The van der Waals surface area contributed by atoms with E-state index >= 15 is 0 Å². The number of benzene rings is 2. The van der Waals surface area contributed by atoms with E-state index < -0.39 is 5.97 Å². The Kier molecular flexibility index (Phi) is 4.80. The maximum absolute atomic E-state index is 11.2. The first kappa shape index (κ1) is 14.2. The average molecular weight is 288 g/mol. The van der Waals surface area contributed by atoms with E-state index in [1.807, 2.05) is 42.5 Å². The molecule has 0 bridgehead atoms. The van der Waals surface area contributed by atoms with Gasteiger partial charge in [-0.3, -0.25) is 0 Å². The average Bonchev–Trinajstić information content (AvgIpc) is 2.46. The van der Waals surface area contributed by atoms with Crippen molar-refractivity contribution in [2.24, 2.45) is 0 Å². The fourth-order valence-electron chi connectivity index (χ4n) is 1.70. The quantitative estimate of drug-likeness (QED) is 0.820. The highest BCUT2D eigenvalue weighted by atomic mass is 35.5. The molecule has 2 aromatic rings. The normalized spacial score (nSPS) is 11.2. The molecule has 0 atom stereocenters. The van der Waals surface area contributed by atoms with E-state index in [-0.39, 0.29) is 6.54 Å². The van der Waals surface area contributed by atoms with Crippen molar-refractivity contribution in [3.05, 3.63) is 70.8 Å². The molecule has 0 spiro atoms. The van der Waals surface area contributed by atoms with Gasteiger partial charge in [0.25, 0.3) is 0 Å². The zero-order valence-electron chi connectivity index (χ0n) is 10.7. The van der Waals surface area contributed by atoms with Crippen LogP contribution in [-0.4, -0.2) is 17.6 Å². The highest BCUT2D eigenvalue weighted by Gasteiger charge is 2.07. The molecule has 0 aromatic heterocycles. The van der Waals surface area contributed by atoms with Crippen LogP contribution in [0.2, 0.25) is 5.02 Å². The maximum atomic E-state index is 11.2. The summed E-state index contributed by atoms with van der Waals surface area (Å²) < 4.78 is 0. The van der Waals surface area contributed by atoms with Gasteiger partial charge in [0.2, 0.25) is 0 Å². The number of carboxylic acids is 1. The summed E-state index contributed by atoms with van der Waals surface area (Å²) in [4.78, 5) is 11.2. The third-order valence-corrected chi connectivity index (χ3v) is 2.99. The number of rotatable bonds is 5. The third-order valence-electron chi connectivity index (χ3n) is 2.74. The topological polar surface area (TPSA) is 49.3 Å². The second-order valence-corrected chi connectivity index (χ2v) is 4.68. The summed E-state index contributed by atoms with van der Waals surface area (Å²) in [7, 11) is 0. The van der Waals surface area contributed by atoms with Gasteiger partial charge in [-0.2, -0.15) is 0 Å². The fraction of sp³-hybridized carbons (Fsp3) is 0.0625. The molecule has 20 heavy (non-hydrogen) atoms. The van der Waals surface area contributed by atoms with Gasteiger partial charge < -0.3 is 10.4 Å². The number of nitrogens with one attached hydrogen (secondary N) is 1. The first-order chi connectivity index (χ1) is 9.65. The van der Waals surface area contributed by atoms with E-state index in [0.29, 0.717) is 10.6 Å². The molecule has 0 saturated heterocycles. The summed E-state index contributed by atoms with van der Waals surface area (Å²) in [5.41, 5.74) is 1.99. The van der Waals surface area contributed by atoms with Crippen LogP contribution in [0, 0.1) is 0 Å². The monoisotopic (exact) mass is 287 g/mol. The van der Waals surface area contributed by atoms with Crippen LogP contribution in [0.25, 0.3) is 6.08 Å². The van der Waals surface area contributed by atoms with Crippen molar-refractivity contribution in [3.63, 3.8) is 0 Å². The SMILES string of the molecule is O=C(O)/C(=C/c1ccccc1)CNc1ccc(Cl)cc1. The van der Waals surface area contributed by atoms with Crippen molar-refractivity contribution in [1.82, 2.24) is 0 Å². The molecule has 0 saturated carbocycles. The number of aliphatic carboxylic acids is 1. The Hall–Kier alpha value is -2.26. The zero-order chi connectivity index (χ0) is 14.4. The lowest BCUT2D eigenvalue weighted by atomic mass is 10.1.